The minimum absolute atomic E-state index is 0.0201. The molecule has 4 N–H and O–H groups in total. The normalized spacial score (nSPS) is 15.8. The minimum atomic E-state index is -2.85. The lowest BCUT2D eigenvalue weighted by Crippen LogP contribution is -2.51. The summed E-state index contributed by atoms with van der Waals surface area (Å²) in [6, 6.07) is 32.1. The molecule has 5 aromatic rings. The van der Waals surface area contributed by atoms with Gasteiger partial charge in [-0.3, -0.25) is 4.79 Å². The molecule has 0 spiro atoms. The second-order valence-electron chi connectivity index (χ2n) is 9.75. The van der Waals surface area contributed by atoms with Crippen LogP contribution < -0.4 is 10.4 Å². The van der Waals surface area contributed by atoms with Crippen molar-refractivity contribution < 1.29 is 30.0 Å². The molecule has 1 atom stereocenters. The van der Waals surface area contributed by atoms with E-state index in [1.54, 1.807) is 72.8 Å². The molecular weight excluding hydrogens is 504 g/mol. The molecule has 0 radical (unpaired) electrons. The van der Waals surface area contributed by atoms with Crippen LogP contribution in [0.4, 0.5) is 0 Å². The summed E-state index contributed by atoms with van der Waals surface area (Å²) in [7, 11) is 0. The second-order valence-corrected chi connectivity index (χ2v) is 9.75. The average Bonchev–Trinajstić information content (AvgIpc) is 2.96. The molecule has 196 valence electrons. The molecule has 0 fully saturated rings. The molecule has 0 amide bonds. The molecule has 0 saturated heterocycles. The van der Waals surface area contributed by atoms with Crippen LogP contribution in [0.25, 0.3) is 44.7 Å². The third-order valence-corrected chi connectivity index (χ3v) is 7.45. The fourth-order valence-corrected chi connectivity index (χ4v) is 5.79. The van der Waals surface area contributed by atoms with Gasteiger partial charge >= 0.3 is 11.9 Å². The van der Waals surface area contributed by atoms with Gasteiger partial charge in [0, 0.05) is 22.3 Å². The molecule has 0 saturated carbocycles. The summed E-state index contributed by atoms with van der Waals surface area (Å²) in [5, 5.41) is 46.2. The van der Waals surface area contributed by atoms with Crippen molar-refractivity contribution in [2.24, 2.45) is 5.92 Å². The quantitative estimate of drug-likeness (QED) is 0.254. The molecule has 40 heavy (non-hydrogen) atoms. The van der Waals surface area contributed by atoms with Gasteiger partial charge in [0.15, 0.2) is 0 Å². The molecule has 6 rings (SSSR count). The predicted molar refractivity (Wildman–Crippen MR) is 153 cm³/mol. The Kier molecular flexibility index (Phi) is 6.07. The van der Waals surface area contributed by atoms with Crippen molar-refractivity contribution in [3.8, 4) is 22.3 Å². The topological polar surface area (TPSA) is 115 Å². The van der Waals surface area contributed by atoms with E-state index >= 15 is 0 Å². The molecule has 0 heterocycles. The van der Waals surface area contributed by atoms with E-state index in [4.69, 9.17) is 0 Å². The van der Waals surface area contributed by atoms with Gasteiger partial charge in [0.2, 0.25) is 5.79 Å². The lowest BCUT2D eigenvalue weighted by atomic mass is 9.75. The smallest absolute Gasteiger partial charge is 0.337 e. The number of hydrogen-bond donors (Lipinski definition) is 4. The third-order valence-electron chi connectivity index (χ3n) is 7.45. The number of aliphatic hydroxyl groups is 2. The van der Waals surface area contributed by atoms with Crippen LogP contribution in [-0.4, -0.2) is 38.2 Å². The maximum absolute atomic E-state index is 13.2. The van der Waals surface area contributed by atoms with Crippen molar-refractivity contribution in [3.05, 3.63) is 131 Å². The lowest BCUT2D eigenvalue weighted by molar-refractivity contribution is -0.169. The van der Waals surface area contributed by atoms with Gasteiger partial charge in [-0.15, -0.1) is 0 Å². The maximum atomic E-state index is 13.2. The van der Waals surface area contributed by atoms with Crippen LogP contribution in [0, 0.1) is 5.92 Å². The Bertz CT molecular complexity index is 1930. The van der Waals surface area contributed by atoms with Gasteiger partial charge in [0.25, 0.3) is 0 Å². The minimum Gasteiger partial charge on any atom is -0.481 e. The third kappa shape index (κ3) is 3.90. The zero-order valence-electron chi connectivity index (χ0n) is 21.2. The van der Waals surface area contributed by atoms with Crippen molar-refractivity contribution in [2.45, 2.75) is 5.79 Å². The number of carboxylic acids is 2. The van der Waals surface area contributed by atoms with Gasteiger partial charge < -0.3 is 20.4 Å². The Hall–Kier alpha value is -5.04. The second kappa shape index (κ2) is 9.61. The number of aliphatic carboxylic acids is 1. The highest BCUT2D eigenvalue weighted by Crippen LogP contribution is 2.47. The molecule has 0 bridgehead atoms. The van der Waals surface area contributed by atoms with Crippen LogP contribution in [0.3, 0.4) is 0 Å². The molecular formula is C34H24O6. The molecule has 1 unspecified atom stereocenters. The molecule has 6 nitrogen and oxygen atoms in total. The Labute approximate surface area is 229 Å². The molecule has 1 aliphatic carbocycles. The molecule has 6 heteroatoms. The summed E-state index contributed by atoms with van der Waals surface area (Å²) >= 11 is 0. The first-order valence-corrected chi connectivity index (χ1v) is 12.7. The van der Waals surface area contributed by atoms with E-state index in [2.05, 4.69) is 0 Å². The van der Waals surface area contributed by atoms with E-state index in [0.717, 1.165) is 0 Å². The highest BCUT2D eigenvalue weighted by atomic mass is 16.5. The van der Waals surface area contributed by atoms with Crippen molar-refractivity contribution in [3.63, 3.8) is 0 Å². The highest BCUT2D eigenvalue weighted by Gasteiger charge is 2.46. The van der Waals surface area contributed by atoms with Gasteiger partial charge in [0.1, 0.15) is 5.92 Å². The van der Waals surface area contributed by atoms with E-state index in [-0.39, 0.29) is 22.3 Å². The number of rotatable bonds is 5. The first-order chi connectivity index (χ1) is 19.3. The first kappa shape index (κ1) is 25.2. The Morgan fingerprint density at radius 1 is 0.600 bits per heavy atom. The highest BCUT2D eigenvalue weighted by molar-refractivity contribution is 6.18. The first-order valence-electron chi connectivity index (χ1n) is 12.7. The van der Waals surface area contributed by atoms with Gasteiger partial charge in [-0.1, -0.05) is 115 Å². The average molecular weight is 529 g/mol. The fraction of sp³-hybridized carbons (Fsp3) is 0.0588. The zero-order valence-corrected chi connectivity index (χ0v) is 21.2. The largest absolute Gasteiger partial charge is 0.481 e. The fourth-order valence-electron chi connectivity index (χ4n) is 5.79. The summed E-state index contributed by atoms with van der Waals surface area (Å²) in [6.07, 6.45) is 1.32. The number of carboxylic acid groups (broad SMARTS) is 2. The van der Waals surface area contributed by atoms with Crippen LogP contribution >= 0.6 is 0 Å². The van der Waals surface area contributed by atoms with Crippen LogP contribution in [-0.2, 0) is 4.79 Å². The van der Waals surface area contributed by atoms with Gasteiger partial charge in [0.05, 0.1) is 5.56 Å². The van der Waals surface area contributed by atoms with E-state index < -0.39 is 23.6 Å². The summed E-state index contributed by atoms with van der Waals surface area (Å²) < 4.78 is 0. The standard InChI is InChI=1S/C34H24O6/c35-32(36)26-19-22-15-7-8-16-23(22)31(34(26,39)40)29-25-18-10-9-17-24(25)27(20-11-3-1-4-12-20)30(33(37)38)28(29)21-13-5-2-6-14-21/h1-19,26,39-40H,(H,35,36)(H,37,38). The molecule has 0 aliphatic heterocycles. The van der Waals surface area contributed by atoms with Crippen LogP contribution in [0.1, 0.15) is 15.9 Å². The number of hydrogen-bond acceptors (Lipinski definition) is 4. The number of carbonyl (C=O) groups is 2. The summed E-state index contributed by atoms with van der Waals surface area (Å²) in [5.74, 6) is -7.16. The van der Waals surface area contributed by atoms with Gasteiger partial charge in [-0.2, -0.15) is 0 Å². The van der Waals surface area contributed by atoms with Gasteiger partial charge in [-0.25, -0.2) is 4.79 Å². The summed E-state index contributed by atoms with van der Waals surface area (Å²) in [5.41, 5.74) is 2.16. The Balaban J connectivity index is 1.93. The Morgan fingerprint density at radius 3 is 1.68 bits per heavy atom. The number of fused-ring (bicyclic) bond motifs is 2. The van der Waals surface area contributed by atoms with Crippen molar-refractivity contribution in [1.29, 1.82) is 0 Å². The number of aromatic carboxylic acids is 1. The van der Waals surface area contributed by atoms with Crippen LogP contribution in [0.15, 0.2) is 109 Å². The SMILES string of the molecule is O=C(O)c1c(-c2ccccc2)c(C2=c3ccccc3=CC(C(=O)O)C2(O)O)c2ccccc2c1-c1ccccc1. The van der Waals surface area contributed by atoms with E-state index in [9.17, 15) is 30.0 Å². The van der Waals surface area contributed by atoms with E-state index in [0.29, 0.717) is 37.9 Å². The van der Waals surface area contributed by atoms with E-state index in [1.807, 2.05) is 36.4 Å². The monoisotopic (exact) mass is 528 g/mol. The predicted octanol–water partition coefficient (Wildman–Crippen LogP) is 4.25. The van der Waals surface area contributed by atoms with Gasteiger partial charge in [-0.05, 0) is 32.3 Å². The molecule has 5 aromatic carbocycles. The van der Waals surface area contributed by atoms with Crippen LogP contribution in [0.2, 0.25) is 0 Å². The lowest BCUT2D eigenvalue weighted by Gasteiger charge is -2.34. The van der Waals surface area contributed by atoms with Crippen LogP contribution in [0.5, 0.6) is 0 Å². The van der Waals surface area contributed by atoms with E-state index in [1.165, 1.54) is 6.08 Å². The summed E-state index contributed by atoms with van der Waals surface area (Å²) in [6.45, 7) is 0. The maximum Gasteiger partial charge on any atom is 0.337 e. The summed E-state index contributed by atoms with van der Waals surface area (Å²) in [4.78, 5) is 25.5. The number of benzene rings is 5. The molecule has 1 aliphatic rings. The zero-order chi connectivity index (χ0) is 28.0. The van der Waals surface area contributed by atoms with Crippen molar-refractivity contribution in [2.75, 3.05) is 0 Å². The molecule has 0 aromatic heterocycles. The van der Waals surface area contributed by atoms with Crippen molar-refractivity contribution >= 4 is 34.4 Å². The van der Waals surface area contributed by atoms with Crippen molar-refractivity contribution in [1.82, 2.24) is 0 Å². The Morgan fingerprint density at radius 2 is 1.10 bits per heavy atom.